The number of rotatable bonds is 5. The van der Waals surface area contributed by atoms with Crippen molar-refractivity contribution in [2.75, 3.05) is 0 Å². The van der Waals surface area contributed by atoms with E-state index in [0.29, 0.717) is 17.5 Å². The van der Waals surface area contributed by atoms with Gasteiger partial charge in [0.25, 0.3) is 0 Å². The Hall–Kier alpha value is -6.54. The fraction of sp³-hybridized carbons (Fsp3) is 0. The maximum absolute atomic E-state index is 6.43. The van der Waals surface area contributed by atoms with Crippen molar-refractivity contribution < 1.29 is 4.42 Å². The largest absolute Gasteiger partial charge is 0.455 e. The summed E-state index contributed by atoms with van der Waals surface area (Å²) in [7, 11) is 0. The highest BCUT2D eigenvalue weighted by molar-refractivity contribution is 7.26. The zero-order chi connectivity index (χ0) is 34.9. The molecular weight excluding hydrogens is 689 g/mol. The number of benzene rings is 7. The highest BCUT2D eigenvalue weighted by Gasteiger charge is 2.20. The Labute approximate surface area is 311 Å². The topological polar surface area (TPSA) is 64.7 Å². The number of hydrogen-bond donors (Lipinski definition) is 0. The molecule has 0 N–H and O–H groups in total. The lowest BCUT2D eigenvalue weighted by molar-refractivity contribution is 0.669. The van der Waals surface area contributed by atoms with Crippen LogP contribution in [0, 0.1) is 0 Å². The quantitative estimate of drug-likeness (QED) is 0.178. The van der Waals surface area contributed by atoms with E-state index in [1.165, 1.54) is 31.3 Å². The van der Waals surface area contributed by atoms with Gasteiger partial charge in [0.1, 0.15) is 16.2 Å². The van der Waals surface area contributed by atoms with Gasteiger partial charge in [0.05, 0.1) is 15.8 Å². The first kappa shape index (κ1) is 30.1. The zero-order valence-electron chi connectivity index (χ0n) is 28.0. The maximum Gasteiger partial charge on any atom is 0.167 e. The SMILES string of the molecule is c1ccc(-c2ccc3nc(-c4ccc5sc6c(-c7nc(-c8ccccc8)nc(-c8cccc9c8oc8ccccc89)n7)cccc6c5c4)sc3c2)cc1. The van der Waals surface area contributed by atoms with E-state index in [2.05, 4.69) is 91.0 Å². The van der Waals surface area contributed by atoms with Crippen molar-refractivity contribution in [2.45, 2.75) is 0 Å². The molecule has 0 atom stereocenters. The molecule has 7 heteroatoms. The van der Waals surface area contributed by atoms with Gasteiger partial charge in [0, 0.05) is 47.6 Å². The Morgan fingerprint density at radius 3 is 1.92 bits per heavy atom. The van der Waals surface area contributed by atoms with E-state index in [1.807, 2.05) is 66.7 Å². The molecule has 53 heavy (non-hydrogen) atoms. The Balaban J connectivity index is 1.06. The molecule has 248 valence electrons. The summed E-state index contributed by atoms with van der Waals surface area (Å²) in [5.74, 6) is 1.82. The summed E-state index contributed by atoms with van der Waals surface area (Å²) in [4.78, 5) is 20.4. The predicted octanol–water partition coefficient (Wildman–Crippen LogP) is 13.1. The van der Waals surface area contributed by atoms with Crippen LogP contribution in [0.3, 0.4) is 0 Å². The van der Waals surface area contributed by atoms with Crippen molar-refractivity contribution in [1.82, 2.24) is 19.9 Å². The monoisotopic (exact) mass is 714 g/mol. The van der Waals surface area contributed by atoms with Crippen LogP contribution in [0.15, 0.2) is 162 Å². The number of aromatic nitrogens is 4. The number of hydrogen-bond acceptors (Lipinski definition) is 7. The van der Waals surface area contributed by atoms with Crippen molar-refractivity contribution in [2.24, 2.45) is 0 Å². The van der Waals surface area contributed by atoms with Gasteiger partial charge in [-0.15, -0.1) is 22.7 Å². The van der Waals surface area contributed by atoms with Crippen LogP contribution in [0.25, 0.3) is 108 Å². The van der Waals surface area contributed by atoms with Crippen molar-refractivity contribution >= 4 is 75.0 Å². The van der Waals surface area contributed by atoms with Crippen LogP contribution >= 0.6 is 22.7 Å². The first-order valence-corrected chi connectivity index (χ1v) is 19.0. The molecule has 5 nitrogen and oxygen atoms in total. The van der Waals surface area contributed by atoms with Gasteiger partial charge in [0.15, 0.2) is 17.5 Å². The molecule has 0 aliphatic heterocycles. The van der Waals surface area contributed by atoms with Crippen molar-refractivity contribution in [3.05, 3.63) is 158 Å². The average Bonchev–Trinajstić information content (AvgIpc) is 3.94. The molecule has 0 bridgehead atoms. The molecule has 4 aromatic heterocycles. The van der Waals surface area contributed by atoms with Crippen LogP contribution in [-0.4, -0.2) is 19.9 Å². The Morgan fingerprint density at radius 2 is 1.08 bits per heavy atom. The fourth-order valence-electron chi connectivity index (χ4n) is 7.22. The van der Waals surface area contributed by atoms with Crippen molar-refractivity contribution in [3.8, 4) is 55.9 Å². The minimum atomic E-state index is 0.574. The molecule has 0 amide bonds. The molecule has 0 aliphatic carbocycles. The summed E-state index contributed by atoms with van der Waals surface area (Å²) in [6.45, 7) is 0. The van der Waals surface area contributed by atoms with E-state index in [1.54, 1.807) is 22.7 Å². The van der Waals surface area contributed by atoms with Gasteiger partial charge in [-0.2, -0.15) is 0 Å². The predicted molar refractivity (Wildman–Crippen MR) is 220 cm³/mol. The van der Waals surface area contributed by atoms with Gasteiger partial charge >= 0.3 is 0 Å². The molecule has 0 saturated heterocycles. The van der Waals surface area contributed by atoms with Gasteiger partial charge in [-0.3, -0.25) is 0 Å². The first-order valence-electron chi connectivity index (χ1n) is 17.4. The lowest BCUT2D eigenvalue weighted by atomic mass is 10.1. The summed E-state index contributed by atoms with van der Waals surface area (Å²) in [5, 5.41) is 5.47. The molecule has 7 aromatic carbocycles. The lowest BCUT2D eigenvalue weighted by Crippen LogP contribution is -2.00. The van der Waals surface area contributed by atoms with Gasteiger partial charge in [-0.1, -0.05) is 115 Å². The maximum atomic E-state index is 6.43. The van der Waals surface area contributed by atoms with Crippen LogP contribution in [0.1, 0.15) is 0 Å². The van der Waals surface area contributed by atoms with Crippen molar-refractivity contribution in [1.29, 1.82) is 0 Å². The Kier molecular flexibility index (Phi) is 6.83. The molecule has 11 aromatic rings. The van der Waals surface area contributed by atoms with E-state index >= 15 is 0 Å². The third-order valence-corrected chi connectivity index (χ3v) is 12.1. The van der Waals surface area contributed by atoms with E-state index in [0.717, 1.165) is 59.4 Å². The van der Waals surface area contributed by atoms with Crippen LogP contribution in [-0.2, 0) is 0 Å². The number of para-hydroxylation sites is 2. The first-order chi connectivity index (χ1) is 26.2. The zero-order valence-corrected chi connectivity index (χ0v) is 29.7. The molecule has 0 spiro atoms. The summed E-state index contributed by atoms with van der Waals surface area (Å²) in [5.41, 5.74) is 8.86. The van der Waals surface area contributed by atoms with Crippen LogP contribution in [0.2, 0.25) is 0 Å². The highest BCUT2D eigenvalue weighted by Crippen LogP contribution is 2.43. The second-order valence-corrected chi connectivity index (χ2v) is 15.1. The average molecular weight is 715 g/mol. The molecule has 0 aliphatic rings. The van der Waals surface area contributed by atoms with Gasteiger partial charge in [-0.25, -0.2) is 19.9 Å². The molecule has 0 fully saturated rings. The van der Waals surface area contributed by atoms with E-state index in [-0.39, 0.29) is 0 Å². The van der Waals surface area contributed by atoms with E-state index in [4.69, 9.17) is 24.4 Å². The molecule has 11 rings (SSSR count). The normalized spacial score (nSPS) is 11.8. The minimum Gasteiger partial charge on any atom is -0.455 e. The van der Waals surface area contributed by atoms with Crippen molar-refractivity contribution in [3.63, 3.8) is 0 Å². The second-order valence-electron chi connectivity index (χ2n) is 13.0. The summed E-state index contributed by atoms with van der Waals surface area (Å²) in [6.07, 6.45) is 0. The number of furan rings is 1. The van der Waals surface area contributed by atoms with E-state index < -0.39 is 0 Å². The summed E-state index contributed by atoms with van der Waals surface area (Å²) in [6, 6.07) is 54.5. The van der Waals surface area contributed by atoms with Crippen LogP contribution in [0.4, 0.5) is 0 Å². The standard InChI is InChI=1S/C46H26N4OS2/c1-3-11-27(12-4-1)29-21-23-37-40(26-29)53-46(47-37)30-22-24-39-36(25-30)33-17-10-19-35(42(33)52-39)45-49-43(28-13-5-2-6-14-28)48-44(50-45)34-18-9-16-32-31-15-7-8-20-38(31)51-41(32)34/h1-26H. The third-order valence-electron chi connectivity index (χ3n) is 9.79. The molecular formula is C46H26N4OS2. The third kappa shape index (κ3) is 5.04. The number of thiazole rings is 1. The Bertz CT molecular complexity index is 3180. The number of nitrogens with zero attached hydrogens (tertiary/aromatic N) is 4. The molecule has 0 radical (unpaired) electrons. The molecule has 0 saturated carbocycles. The van der Waals surface area contributed by atoms with Crippen LogP contribution in [0.5, 0.6) is 0 Å². The van der Waals surface area contributed by atoms with E-state index in [9.17, 15) is 0 Å². The lowest BCUT2D eigenvalue weighted by Gasteiger charge is -2.09. The minimum absolute atomic E-state index is 0.574. The molecule has 0 unspecified atom stereocenters. The summed E-state index contributed by atoms with van der Waals surface area (Å²) < 4.78 is 9.94. The van der Waals surface area contributed by atoms with Gasteiger partial charge < -0.3 is 4.42 Å². The highest BCUT2D eigenvalue weighted by atomic mass is 32.1. The Morgan fingerprint density at radius 1 is 0.396 bits per heavy atom. The van der Waals surface area contributed by atoms with Gasteiger partial charge in [0.2, 0.25) is 0 Å². The molecule has 4 heterocycles. The second kappa shape index (κ2) is 12.0. The summed E-state index contributed by atoms with van der Waals surface area (Å²) >= 11 is 3.50. The smallest absolute Gasteiger partial charge is 0.167 e. The van der Waals surface area contributed by atoms with Crippen LogP contribution < -0.4 is 0 Å². The van der Waals surface area contributed by atoms with Gasteiger partial charge in [-0.05, 0) is 53.6 Å². The number of fused-ring (bicyclic) bond motifs is 7. The fourth-order valence-corrected chi connectivity index (χ4v) is 9.42. The number of thiophene rings is 1.